The van der Waals surface area contributed by atoms with Gasteiger partial charge in [-0.1, -0.05) is 30.3 Å². The van der Waals surface area contributed by atoms with Gasteiger partial charge in [-0.25, -0.2) is 0 Å². The lowest BCUT2D eigenvalue weighted by atomic mass is 10.1. The SMILES string of the molecule is CNCc1cccc(CN2CC=C(COC)CC2)c1. The number of hydrogen-bond donors (Lipinski definition) is 1. The Morgan fingerprint density at radius 2 is 2.16 bits per heavy atom. The Bertz CT molecular complexity index is 429. The van der Waals surface area contributed by atoms with Crippen molar-refractivity contribution in [1.29, 1.82) is 0 Å². The van der Waals surface area contributed by atoms with Gasteiger partial charge in [0.1, 0.15) is 0 Å². The van der Waals surface area contributed by atoms with Crippen LogP contribution in [0.4, 0.5) is 0 Å². The molecule has 0 unspecified atom stereocenters. The van der Waals surface area contributed by atoms with Crippen LogP contribution >= 0.6 is 0 Å². The van der Waals surface area contributed by atoms with Crippen molar-refractivity contribution in [3.63, 3.8) is 0 Å². The fraction of sp³-hybridized carbons (Fsp3) is 0.500. The second-order valence-electron chi connectivity index (χ2n) is 5.13. The highest BCUT2D eigenvalue weighted by Crippen LogP contribution is 2.15. The molecule has 1 N–H and O–H groups in total. The van der Waals surface area contributed by atoms with Crippen LogP contribution < -0.4 is 5.32 Å². The minimum Gasteiger partial charge on any atom is -0.380 e. The molecule has 1 heterocycles. The number of ether oxygens (including phenoxy) is 1. The largest absolute Gasteiger partial charge is 0.380 e. The predicted molar refractivity (Wildman–Crippen MR) is 79.1 cm³/mol. The summed E-state index contributed by atoms with van der Waals surface area (Å²) >= 11 is 0. The van der Waals surface area contributed by atoms with Gasteiger partial charge in [0.25, 0.3) is 0 Å². The van der Waals surface area contributed by atoms with Crippen LogP contribution in [0.3, 0.4) is 0 Å². The smallest absolute Gasteiger partial charge is 0.0673 e. The van der Waals surface area contributed by atoms with E-state index >= 15 is 0 Å². The molecule has 0 amide bonds. The third kappa shape index (κ3) is 4.46. The van der Waals surface area contributed by atoms with Crippen LogP contribution in [0, 0.1) is 0 Å². The van der Waals surface area contributed by atoms with Gasteiger partial charge in [0, 0.05) is 33.3 Å². The molecular weight excluding hydrogens is 236 g/mol. The highest BCUT2D eigenvalue weighted by molar-refractivity contribution is 5.23. The number of nitrogens with one attached hydrogen (secondary N) is 1. The Morgan fingerprint density at radius 1 is 1.32 bits per heavy atom. The van der Waals surface area contributed by atoms with Gasteiger partial charge in [0.05, 0.1) is 6.61 Å². The van der Waals surface area contributed by atoms with E-state index in [2.05, 4.69) is 40.6 Å². The van der Waals surface area contributed by atoms with Crippen molar-refractivity contribution in [3.8, 4) is 0 Å². The molecule has 1 aromatic carbocycles. The molecule has 1 aliphatic rings. The lowest BCUT2D eigenvalue weighted by molar-refractivity contribution is 0.210. The quantitative estimate of drug-likeness (QED) is 0.794. The maximum Gasteiger partial charge on any atom is 0.0673 e. The standard InChI is InChI=1S/C16H24N2O/c1-17-11-15-4-3-5-16(10-15)12-18-8-6-14(7-9-18)13-19-2/h3-6,10,17H,7-9,11-13H2,1-2H3. The summed E-state index contributed by atoms with van der Waals surface area (Å²) in [5.74, 6) is 0. The summed E-state index contributed by atoms with van der Waals surface area (Å²) in [5.41, 5.74) is 4.19. The third-order valence-electron chi connectivity index (χ3n) is 3.50. The summed E-state index contributed by atoms with van der Waals surface area (Å²) in [6.07, 6.45) is 3.44. The summed E-state index contributed by atoms with van der Waals surface area (Å²) in [6.45, 7) is 4.92. The molecule has 2 rings (SSSR count). The van der Waals surface area contributed by atoms with Crippen LogP contribution in [0.15, 0.2) is 35.9 Å². The number of nitrogens with zero attached hydrogens (tertiary/aromatic N) is 1. The molecule has 0 radical (unpaired) electrons. The molecular formula is C16H24N2O. The van der Waals surface area contributed by atoms with E-state index < -0.39 is 0 Å². The molecule has 0 saturated carbocycles. The highest BCUT2D eigenvalue weighted by atomic mass is 16.5. The van der Waals surface area contributed by atoms with Crippen molar-refractivity contribution < 1.29 is 4.74 Å². The van der Waals surface area contributed by atoms with E-state index in [4.69, 9.17) is 4.74 Å². The topological polar surface area (TPSA) is 24.5 Å². The molecule has 0 spiro atoms. The van der Waals surface area contributed by atoms with E-state index in [0.29, 0.717) is 0 Å². The molecule has 3 heteroatoms. The summed E-state index contributed by atoms with van der Waals surface area (Å²) in [7, 11) is 3.75. The van der Waals surface area contributed by atoms with Crippen LogP contribution in [0.1, 0.15) is 17.5 Å². The first-order chi connectivity index (χ1) is 9.31. The van der Waals surface area contributed by atoms with Crippen molar-refractivity contribution >= 4 is 0 Å². The molecule has 19 heavy (non-hydrogen) atoms. The van der Waals surface area contributed by atoms with Gasteiger partial charge in [-0.2, -0.15) is 0 Å². The summed E-state index contributed by atoms with van der Waals surface area (Å²) in [6, 6.07) is 8.84. The summed E-state index contributed by atoms with van der Waals surface area (Å²) in [4.78, 5) is 2.48. The average molecular weight is 260 g/mol. The minimum absolute atomic E-state index is 0.783. The number of methoxy groups -OCH3 is 1. The van der Waals surface area contributed by atoms with Gasteiger partial charge in [-0.05, 0) is 30.2 Å². The number of hydrogen-bond acceptors (Lipinski definition) is 3. The van der Waals surface area contributed by atoms with Crippen molar-refractivity contribution in [2.75, 3.05) is 33.9 Å². The van der Waals surface area contributed by atoms with E-state index in [1.165, 1.54) is 16.7 Å². The predicted octanol–water partition coefficient (Wildman–Crippen LogP) is 2.18. The Balaban J connectivity index is 1.90. The van der Waals surface area contributed by atoms with Crippen LogP contribution in [0.5, 0.6) is 0 Å². The first-order valence-corrected chi connectivity index (χ1v) is 6.93. The Morgan fingerprint density at radius 3 is 2.84 bits per heavy atom. The maximum absolute atomic E-state index is 5.18. The van der Waals surface area contributed by atoms with E-state index in [1.54, 1.807) is 7.11 Å². The van der Waals surface area contributed by atoms with E-state index in [-0.39, 0.29) is 0 Å². The summed E-state index contributed by atoms with van der Waals surface area (Å²) < 4.78 is 5.18. The van der Waals surface area contributed by atoms with Crippen LogP contribution in [-0.4, -0.2) is 38.8 Å². The Labute approximate surface area is 116 Å². The van der Waals surface area contributed by atoms with Crippen LogP contribution in [0.2, 0.25) is 0 Å². The van der Waals surface area contributed by atoms with Crippen molar-refractivity contribution in [1.82, 2.24) is 10.2 Å². The summed E-state index contributed by atoms with van der Waals surface area (Å²) in [5, 5.41) is 3.20. The molecule has 1 aromatic rings. The first kappa shape index (κ1) is 14.3. The fourth-order valence-corrected chi connectivity index (χ4v) is 2.51. The molecule has 0 saturated heterocycles. The Hall–Kier alpha value is -1.16. The lowest BCUT2D eigenvalue weighted by Crippen LogP contribution is -2.29. The van der Waals surface area contributed by atoms with Gasteiger partial charge in [0.15, 0.2) is 0 Å². The minimum atomic E-state index is 0.783. The molecule has 0 fully saturated rings. The Kier molecular flexibility index (Phi) is 5.58. The number of benzene rings is 1. The zero-order chi connectivity index (χ0) is 13.5. The molecule has 0 bridgehead atoms. The van der Waals surface area contributed by atoms with Crippen LogP contribution in [-0.2, 0) is 17.8 Å². The lowest BCUT2D eigenvalue weighted by Gasteiger charge is -2.26. The molecule has 0 aromatic heterocycles. The van der Waals surface area contributed by atoms with E-state index in [9.17, 15) is 0 Å². The van der Waals surface area contributed by atoms with Crippen molar-refractivity contribution in [3.05, 3.63) is 47.0 Å². The van der Waals surface area contributed by atoms with Gasteiger partial charge in [-0.3, -0.25) is 4.90 Å². The van der Waals surface area contributed by atoms with Gasteiger partial charge in [0.2, 0.25) is 0 Å². The number of rotatable bonds is 6. The molecule has 1 aliphatic heterocycles. The zero-order valence-corrected chi connectivity index (χ0v) is 12.0. The molecule has 0 atom stereocenters. The second-order valence-corrected chi connectivity index (χ2v) is 5.13. The van der Waals surface area contributed by atoms with Gasteiger partial charge < -0.3 is 10.1 Å². The third-order valence-corrected chi connectivity index (χ3v) is 3.50. The molecule has 0 aliphatic carbocycles. The normalized spacial score (nSPS) is 16.4. The van der Waals surface area contributed by atoms with Crippen molar-refractivity contribution in [2.45, 2.75) is 19.5 Å². The van der Waals surface area contributed by atoms with Crippen LogP contribution in [0.25, 0.3) is 0 Å². The van der Waals surface area contributed by atoms with E-state index in [1.807, 2.05) is 7.05 Å². The van der Waals surface area contributed by atoms with Gasteiger partial charge >= 0.3 is 0 Å². The second kappa shape index (κ2) is 7.43. The fourth-order valence-electron chi connectivity index (χ4n) is 2.51. The van der Waals surface area contributed by atoms with Crippen molar-refractivity contribution in [2.24, 2.45) is 0 Å². The highest BCUT2D eigenvalue weighted by Gasteiger charge is 2.11. The maximum atomic E-state index is 5.18. The van der Waals surface area contributed by atoms with Gasteiger partial charge in [-0.15, -0.1) is 0 Å². The molecule has 104 valence electrons. The monoisotopic (exact) mass is 260 g/mol. The zero-order valence-electron chi connectivity index (χ0n) is 12.0. The van der Waals surface area contributed by atoms with E-state index in [0.717, 1.165) is 39.2 Å². The average Bonchev–Trinajstić information content (AvgIpc) is 2.42. The molecule has 3 nitrogen and oxygen atoms in total. The first-order valence-electron chi connectivity index (χ1n) is 6.93.